The minimum absolute atomic E-state index is 0.142. The van der Waals surface area contributed by atoms with Crippen LogP contribution in [0.5, 0.6) is 0 Å². The standard InChI is InChI=1S/C30H24N4O7S/c1-17-23(29(37)38)34-27(36)22(28(34)42(40)26(17)33-31)32-25(35)21(18-11-5-2-6-12-18)30(39)41-24(19-13-7-3-8-14-19)20-15-9-4-10-16-20/h2-16,21-22,24,28H,1H3,(H,32,35)(H,37,38)/t21?,22?,28-,42-/m0/s1. The third kappa shape index (κ3) is 5.10. The summed E-state index contributed by atoms with van der Waals surface area (Å²) in [4.78, 5) is 56.2. The molecule has 0 bridgehead atoms. The Balaban J connectivity index is 1.45. The van der Waals surface area contributed by atoms with Gasteiger partial charge in [0.05, 0.1) is 11.2 Å². The highest BCUT2D eigenvalue weighted by Crippen LogP contribution is 2.38. The number of amides is 2. The van der Waals surface area contributed by atoms with E-state index in [0.29, 0.717) is 11.1 Å². The highest BCUT2D eigenvalue weighted by molar-refractivity contribution is 8.07. The predicted molar refractivity (Wildman–Crippen MR) is 150 cm³/mol. The van der Waals surface area contributed by atoms with Crippen molar-refractivity contribution in [2.45, 2.75) is 30.4 Å². The van der Waals surface area contributed by atoms with Crippen LogP contribution in [0, 0.1) is 0 Å². The Hall–Kier alpha value is -5.03. The fraction of sp³-hybridized carbons (Fsp3) is 0.167. The number of β-lactam (4-membered cyclic amide) rings is 1. The van der Waals surface area contributed by atoms with E-state index in [4.69, 9.17) is 4.74 Å². The van der Waals surface area contributed by atoms with E-state index in [1.165, 1.54) is 6.92 Å². The van der Waals surface area contributed by atoms with Crippen molar-refractivity contribution in [1.82, 2.24) is 10.2 Å². The SMILES string of the molecule is CC1=C(C(=O)O)N2C(=O)C(NC(=O)C(C(=O)OC(c3ccccc3)c3ccccc3)c3ccccc3)[C@@H]2[S@@+]([O-])C1=[N+]=[N-]. The number of rotatable bonds is 8. The molecule has 0 aromatic heterocycles. The van der Waals surface area contributed by atoms with Crippen LogP contribution in [0.4, 0.5) is 0 Å². The molecule has 42 heavy (non-hydrogen) atoms. The lowest BCUT2D eigenvalue weighted by molar-refractivity contribution is -0.155. The number of hydrogen-bond acceptors (Lipinski definition) is 6. The molecule has 3 aromatic carbocycles. The zero-order valence-electron chi connectivity index (χ0n) is 22.1. The summed E-state index contributed by atoms with van der Waals surface area (Å²) in [6, 6.07) is 24.6. The van der Waals surface area contributed by atoms with Crippen molar-refractivity contribution < 1.29 is 38.4 Å². The van der Waals surface area contributed by atoms with Crippen LogP contribution in [-0.4, -0.2) is 59.6 Å². The van der Waals surface area contributed by atoms with E-state index >= 15 is 0 Å². The fourth-order valence-electron chi connectivity index (χ4n) is 5.02. The molecule has 11 nitrogen and oxygen atoms in total. The highest BCUT2D eigenvalue weighted by Gasteiger charge is 2.65. The molecule has 2 amide bonds. The average molecular weight is 585 g/mol. The van der Waals surface area contributed by atoms with Gasteiger partial charge in [0.1, 0.15) is 11.3 Å². The first-order chi connectivity index (χ1) is 20.2. The van der Waals surface area contributed by atoms with E-state index in [-0.39, 0.29) is 11.1 Å². The van der Waals surface area contributed by atoms with Crippen LogP contribution in [-0.2, 0) is 35.1 Å². The number of benzene rings is 3. The highest BCUT2D eigenvalue weighted by atomic mass is 32.2. The number of hydrogen-bond donors (Lipinski definition) is 2. The third-order valence-electron chi connectivity index (χ3n) is 7.03. The van der Waals surface area contributed by atoms with Crippen LogP contribution in [0.25, 0.3) is 5.53 Å². The molecule has 3 aromatic rings. The molecule has 5 rings (SSSR count). The molecule has 4 atom stereocenters. The second-order valence-electron chi connectivity index (χ2n) is 9.55. The summed E-state index contributed by atoms with van der Waals surface area (Å²) in [7, 11) is 0. The maximum absolute atomic E-state index is 13.8. The molecule has 0 radical (unpaired) electrons. The number of nitrogens with one attached hydrogen (secondary N) is 1. The van der Waals surface area contributed by atoms with Crippen LogP contribution >= 0.6 is 0 Å². The summed E-state index contributed by atoms with van der Waals surface area (Å²) < 4.78 is 19.1. The zero-order valence-corrected chi connectivity index (χ0v) is 22.9. The van der Waals surface area contributed by atoms with Gasteiger partial charge < -0.3 is 25.2 Å². The Morgan fingerprint density at radius 2 is 1.45 bits per heavy atom. The van der Waals surface area contributed by atoms with Crippen molar-refractivity contribution in [2.24, 2.45) is 0 Å². The van der Waals surface area contributed by atoms with Gasteiger partial charge in [-0.3, -0.25) is 19.3 Å². The molecule has 2 aliphatic rings. The van der Waals surface area contributed by atoms with Crippen molar-refractivity contribution in [3.8, 4) is 0 Å². The van der Waals surface area contributed by atoms with Crippen molar-refractivity contribution >= 4 is 40.0 Å². The van der Waals surface area contributed by atoms with Crippen LogP contribution < -0.4 is 5.32 Å². The molecule has 2 unspecified atom stereocenters. The molecule has 1 saturated heterocycles. The van der Waals surface area contributed by atoms with E-state index < -0.39 is 69.1 Å². The van der Waals surface area contributed by atoms with Crippen LogP contribution in [0.3, 0.4) is 0 Å². The number of fused-ring (bicyclic) bond motifs is 1. The third-order valence-corrected chi connectivity index (χ3v) is 8.72. The van der Waals surface area contributed by atoms with Gasteiger partial charge in [-0.2, -0.15) is 0 Å². The van der Waals surface area contributed by atoms with Gasteiger partial charge >= 0.3 is 17.0 Å². The molecule has 1 fully saturated rings. The number of carbonyl (C=O) groups is 4. The maximum atomic E-state index is 13.8. The first-order valence-corrected chi connectivity index (χ1v) is 14.0. The second-order valence-corrected chi connectivity index (χ2v) is 11.0. The van der Waals surface area contributed by atoms with Crippen LogP contribution in [0.2, 0.25) is 0 Å². The Bertz CT molecular complexity index is 1590. The summed E-state index contributed by atoms with van der Waals surface area (Å²) in [5.74, 6) is -5.66. The second kappa shape index (κ2) is 11.8. The molecular weight excluding hydrogens is 560 g/mol. The largest absolute Gasteiger partial charge is 0.604 e. The van der Waals surface area contributed by atoms with Gasteiger partial charge in [-0.05, 0) is 23.6 Å². The lowest BCUT2D eigenvalue weighted by Gasteiger charge is -2.46. The van der Waals surface area contributed by atoms with Crippen LogP contribution in [0.15, 0.2) is 102 Å². The summed E-state index contributed by atoms with van der Waals surface area (Å²) >= 11 is -2.17. The van der Waals surface area contributed by atoms with E-state index in [0.717, 1.165) is 4.90 Å². The Kier molecular flexibility index (Phi) is 8.03. The van der Waals surface area contributed by atoms with E-state index in [9.17, 15) is 34.4 Å². The van der Waals surface area contributed by atoms with Crippen molar-refractivity contribution in [1.29, 1.82) is 0 Å². The quantitative estimate of drug-likeness (QED) is 0.102. The average Bonchev–Trinajstić information content (AvgIpc) is 3.00. The molecule has 12 heteroatoms. The summed E-state index contributed by atoms with van der Waals surface area (Å²) in [6.07, 6.45) is -0.847. The van der Waals surface area contributed by atoms with Gasteiger partial charge in [-0.15, -0.1) is 4.79 Å². The number of ether oxygens (including phenoxy) is 1. The minimum Gasteiger partial charge on any atom is -0.604 e. The maximum Gasteiger partial charge on any atom is 0.490 e. The van der Waals surface area contributed by atoms with Crippen LogP contribution in [0.1, 0.15) is 35.6 Å². The monoisotopic (exact) mass is 584 g/mol. The molecular formula is C30H24N4O7S. The number of carboxylic acid groups (broad SMARTS) is 1. The summed E-state index contributed by atoms with van der Waals surface area (Å²) in [5.41, 5.74) is 10.4. The minimum atomic E-state index is -2.17. The normalized spacial score (nSPS) is 20.3. The number of carboxylic acids is 1. The van der Waals surface area contributed by atoms with Crippen molar-refractivity contribution in [3.05, 3.63) is 124 Å². The number of nitrogens with zero attached hydrogens (tertiary/aromatic N) is 3. The van der Waals surface area contributed by atoms with Crippen molar-refractivity contribution in [3.63, 3.8) is 0 Å². The molecule has 2 N–H and O–H groups in total. The van der Waals surface area contributed by atoms with Gasteiger partial charge in [0.2, 0.25) is 11.3 Å². The van der Waals surface area contributed by atoms with Gasteiger partial charge in [0.25, 0.3) is 5.91 Å². The van der Waals surface area contributed by atoms with E-state index in [1.807, 2.05) is 12.1 Å². The molecule has 212 valence electrons. The van der Waals surface area contributed by atoms with E-state index in [2.05, 4.69) is 10.1 Å². The van der Waals surface area contributed by atoms with Gasteiger partial charge in [-0.25, -0.2) is 4.79 Å². The lowest BCUT2D eigenvalue weighted by atomic mass is 9.95. The first-order valence-electron chi connectivity index (χ1n) is 12.8. The zero-order chi connectivity index (χ0) is 30.0. The molecule has 0 spiro atoms. The topological polar surface area (TPSA) is 172 Å². The predicted octanol–water partition coefficient (Wildman–Crippen LogP) is 2.51. The fourth-order valence-corrected chi connectivity index (χ4v) is 6.56. The Morgan fingerprint density at radius 1 is 0.952 bits per heavy atom. The molecule has 0 saturated carbocycles. The molecule has 2 aliphatic heterocycles. The number of carbonyl (C=O) groups excluding carboxylic acids is 3. The Morgan fingerprint density at radius 3 is 1.93 bits per heavy atom. The molecule has 2 heterocycles. The van der Waals surface area contributed by atoms with Gasteiger partial charge in [-0.1, -0.05) is 91.0 Å². The lowest BCUT2D eigenvalue weighted by Crippen LogP contribution is -2.75. The van der Waals surface area contributed by atoms with Gasteiger partial charge in [0, 0.05) is 0 Å². The first kappa shape index (κ1) is 28.5. The summed E-state index contributed by atoms with van der Waals surface area (Å²) in [5, 5.41) is 10.4. The Labute approximate surface area is 243 Å². The summed E-state index contributed by atoms with van der Waals surface area (Å²) in [6.45, 7) is 1.27. The smallest absolute Gasteiger partial charge is 0.490 e. The number of esters is 1. The van der Waals surface area contributed by atoms with E-state index in [1.54, 1.807) is 78.9 Å². The number of aliphatic carboxylic acids is 1. The molecule has 0 aliphatic carbocycles. The van der Waals surface area contributed by atoms with Crippen molar-refractivity contribution in [2.75, 3.05) is 0 Å². The van der Waals surface area contributed by atoms with Gasteiger partial charge in [0.15, 0.2) is 18.1 Å².